The number of alkyl halides is 6. The number of hydrogen-bond donors (Lipinski definition) is 0. The van der Waals surface area contributed by atoms with Crippen LogP contribution in [0.1, 0.15) is 57.3 Å². The van der Waals surface area contributed by atoms with Crippen molar-refractivity contribution in [3.8, 4) is 0 Å². The molecule has 0 fully saturated rings. The quantitative estimate of drug-likeness (QED) is 0.0668. The lowest BCUT2D eigenvalue weighted by Crippen LogP contribution is -2.75. The molecule has 1 aliphatic carbocycles. The molecule has 16 aromatic rings. The minimum absolute atomic E-state index is 0.0532. The van der Waals surface area contributed by atoms with Crippen molar-refractivity contribution in [2.75, 3.05) is 0 Å². The molecule has 0 nitrogen and oxygen atoms in total. The Labute approximate surface area is 799 Å². The van der Waals surface area contributed by atoms with Gasteiger partial charge in [-0.05, 0) is 104 Å². The molecule has 20 heteroatoms. The van der Waals surface area contributed by atoms with Crippen LogP contribution in [0, 0.1) is 59.0 Å². The van der Waals surface area contributed by atoms with Crippen LogP contribution in [0.3, 0.4) is 0 Å². The van der Waals surface area contributed by atoms with Crippen LogP contribution in [0.15, 0.2) is 434 Å². The van der Waals surface area contributed by atoms with E-state index < -0.39 is 48.1 Å². The molecule has 0 bridgehead atoms. The molecule has 0 aliphatic heterocycles. The molecule has 16 aromatic carbocycles. The first kappa shape index (κ1) is 96.6. The second kappa shape index (κ2) is 42.5. The van der Waals surface area contributed by atoms with E-state index in [0.29, 0.717) is 45.8 Å². The molecular formula is C110H91B5Br5F10-5. The minimum atomic E-state index is -4.62. The molecule has 0 saturated heterocycles. The molecule has 0 radical (unpaired) electrons. The second-order valence-corrected chi connectivity index (χ2v) is 37.7. The highest BCUT2D eigenvalue weighted by molar-refractivity contribution is 9.11. The average molecular weight is 2060 g/mol. The Hall–Kier alpha value is -11.0. The first-order valence-electron chi connectivity index (χ1n) is 42.2. The third-order valence-electron chi connectivity index (χ3n) is 24.7. The number of aryl methyl sites for hydroxylation is 6. The lowest BCUT2D eigenvalue weighted by Gasteiger charge is -2.47. The van der Waals surface area contributed by atoms with Gasteiger partial charge in [-0.3, -0.25) is 0 Å². The molecule has 0 saturated carbocycles. The number of benzene rings is 16. The van der Waals surface area contributed by atoms with Crippen molar-refractivity contribution in [1.29, 1.82) is 0 Å². The zero-order chi connectivity index (χ0) is 92.7. The third kappa shape index (κ3) is 21.9. The van der Waals surface area contributed by atoms with Crippen LogP contribution in [0.2, 0.25) is 0 Å². The highest BCUT2D eigenvalue weighted by atomic mass is 79.9. The van der Waals surface area contributed by atoms with Crippen molar-refractivity contribution in [3.63, 3.8) is 0 Å². The van der Waals surface area contributed by atoms with E-state index in [0.717, 1.165) is 90.7 Å². The second-order valence-electron chi connectivity index (χ2n) is 33.1. The van der Waals surface area contributed by atoms with Crippen LogP contribution in [-0.4, -0.2) is 32.4 Å². The summed E-state index contributed by atoms with van der Waals surface area (Å²) in [5.74, 6) is -0.835. The van der Waals surface area contributed by atoms with E-state index in [1.165, 1.54) is 79.5 Å². The molecule has 17 rings (SSSR count). The summed E-state index contributed by atoms with van der Waals surface area (Å²) in [5, 5.41) is 0. The molecule has 0 aromatic heterocycles. The van der Waals surface area contributed by atoms with Gasteiger partial charge in [-0.1, -0.05) is 472 Å². The van der Waals surface area contributed by atoms with Crippen molar-refractivity contribution < 1.29 is 43.9 Å². The van der Waals surface area contributed by atoms with Crippen molar-refractivity contribution in [1.82, 2.24) is 0 Å². The third-order valence-corrected chi connectivity index (χ3v) is 27.3. The van der Waals surface area contributed by atoms with Gasteiger partial charge in [-0.2, -0.15) is 108 Å². The predicted octanol–water partition coefficient (Wildman–Crippen LogP) is 21.3. The maximum atomic E-state index is 14.0. The smallest absolute Gasteiger partial charge is 0.218 e. The van der Waals surface area contributed by atoms with E-state index in [1.807, 2.05) is 69.3 Å². The van der Waals surface area contributed by atoms with Crippen molar-refractivity contribution in [2.45, 2.75) is 66.7 Å². The molecule has 656 valence electrons. The molecule has 0 spiro atoms. The number of hydrogen-bond acceptors (Lipinski definition) is 0. The van der Waals surface area contributed by atoms with E-state index in [9.17, 15) is 43.9 Å². The van der Waals surface area contributed by atoms with Gasteiger partial charge < -0.3 is 0 Å². The molecule has 0 atom stereocenters. The fourth-order valence-corrected chi connectivity index (χ4v) is 20.3. The zero-order valence-corrected chi connectivity index (χ0v) is 79.4. The Kier molecular flexibility index (Phi) is 31.6. The Morgan fingerprint density at radius 3 is 0.762 bits per heavy atom. The van der Waals surface area contributed by atoms with Crippen molar-refractivity contribution in [2.24, 2.45) is 0 Å². The molecular weight excluding hydrogens is 1960 g/mol. The summed E-state index contributed by atoms with van der Waals surface area (Å²) in [6, 6.07) is 125. The predicted molar refractivity (Wildman–Crippen MR) is 553 cm³/mol. The van der Waals surface area contributed by atoms with Gasteiger partial charge in [0.1, 0.15) is 42.0 Å². The monoisotopic (exact) mass is 2050 g/mol. The largest absolute Gasteiger partial charge is 0.416 e. The van der Waals surface area contributed by atoms with Gasteiger partial charge in [0, 0.05) is 22.4 Å². The molecule has 1 aliphatic rings. The maximum absolute atomic E-state index is 14.0. The summed E-state index contributed by atoms with van der Waals surface area (Å²) < 4.78 is 143. The van der Waals surface area contributed by atoms with E-state index in [1.54, 1.807) is 93.6 Å². The number of allylic oxidation sites excluding steroid dienone is 4. The van der Waals surface area contributed by atoms with Crippen LogP contribution in [-0.2, 0) is 12.4 Å². The van der Waals surface area contributed by atoms with E-state index in [-0.39, 0.29) is 31.1 Å². The first-order valence-corrected chi connectivity index (χ1v) is 46.2. The highest BCUT2D eigenvalue weighted by Crippen LogP contribution is 2.34. The fourth-order valence-electron chi connectivity index (χ4n) is 19.0. The van der Waals surface area contributed by atoms with Crippen LogP contribution in [0.5, 0.6) is 0 Å². The number of halogens is 15. The van der Waals surface area contributed by atoms with Crippen LogP contribution < -0.4 is 87.4 Å². The van der Waals surface area contributed by atoms with E-state index in [4.69, 9.17) is 0 Å². The first-order chi connectivity index (χ1) is 62.2. The summed E-state index contributed by atoms with van der Waals surface area (Å²) in [6.07, 6.45) is -11.8. The highest BCUT2D eigenvalue weighted by Gasteiger charge is 2.40. The standard InChI is InChI=1S/C30H26BF6.C25H21BF3.C24H16BBr4.C24H19BBr.C7H9BF/c1-19-10-20(2)14-26(13-19)31(25-8-6-5-7-9-25,27-15-21(3)11-23(17-27)29(32,33)34)28-16-22(4)12-24(18-28)30(35,36)37;1-18-2-4-19(5-3-18)26(20-6-12-23(27)13-7-20,21-8-14-24(28)15-9-21)22-10-16-25(29)17-11-22;26-21-9-1-17(2-10-21)25(18-3-11-22(27)12-4-18,19-5-13-23(28)14-6-19)20-7-15-24(29)16-8-20;26-24-18-16-23(17-19-24)25(20-10-4-1-5-11-20,21-12-6-2-7-13-21)22-14-8-3-9-15-22;1-5-2-3-6(8)4-7(5)9/h5-18H,1-4H3;2-10,12-16H,11,17H2,1H3;1-16H;1-19H;2-4H,1,8H3/q5*-1. The fraction of sp³-hybridized carbons (Fsp3) is 0.0909. The molecule has 0 heterocycles. The average Bonchev–Trinajstić information content (AvgIpc) is 0.711. The zero-order valence-electron chi connectivity index (χ0n) is 71.5. The van der Waals surface area contributed by atoms with Gasteiger partial charge in [0.15, 0.2) is 0 Å². The van der Waals surface area contributed by atoms with Crippen molar-refractivity contribution >= 4 is 199 Å². The Balaban J connectivity index is 0.000000144. The van der Waals surface area contributed by atoms with Crippen LogP contribution >= 0.6 is 79.6 Å². The normalized spacial score (nSPS) is 12.3. The van der Waals surface area contributed by atoms with E-state index in [2.05, 4.69) is 304 Å². The van der Waals surface area contributed by atoms with Crippen LogP contribution in [0.25, 0.3) is 0 Å². The summed E-state index contributed by atoms with van der Waals surface area (Å²) in [6.45, 7) is 10.7. The molecule has 0 unspecified atom stereocenters. The van der Waals surface area contributed by atoms with E-state index >= 15 is 0 Å². The Bertz CT molecular complexity index is 6100. The SMILES string of the molecule is Brc1ccc([B-](c2ccc(Br)cc2)(c2ccc(Br)cc2)c2ccc(Br)cc2)cc1.Brc1ccc([B-](c2ccccc2)(c2ccccc2)c2ccccc2)cc1.Cc1cc(C)cc([B-](c2ccccc2)(c2cc(C)cc(C(F)(F)F)c2)c2cc(C)cc(C(F)(F)F)c2)c1.Cc1ccc([B-](C2=CC=C(F)CC2)(c2ccc(F)cc2)c2ccc(F)cc2)cc1.[BH3-]c1ccc(C)c(F)c1. The Morgan fingerprint density at radius 1 is 0.238 bits per heavy atom. The lowest BCUT2D eigenvalue weighted by atomic mass is 9.12. The van der Waals surface area contributed by atoms with Gasteiger partial charge in [-0.15, -0.1) is 0 Å². The van der Waals surface area contributed by atoms with Gasteiger partial charge >= 0.3 is 12.4 Å². The van der Waals surface area contributed by atoms with Gasteiger partial charge in [0.2, 0.25) is 0 Å². The number of rotatable bonds is 16. The van der Waals surface area contributed by atoms with Gasteiger partial charge in [-0.25, -0.2) is 28.5 Å². The summed E-state index contributed by atoms with van der Waals surface area (Å²) in [7, 11) is 0.172. The lowest BCUT2D eigenvalue weighted by molar-refractivity contribution is -0.138. The summed E-state index contributed by atoms with van der Waals surface area (Å²) in [4.78, 5) is 0. The Morgan fingerprint density at radius 2 is 0.492 bits per heavy atom. The summed E-state index contributed by atoms with van der Waals surface area (Å²) in [5.41, 5.74) is 20.1. The maximum Gasteiger partial charge on any atom is 0.416 e. The molecule has 130 heavy (non-hydrogen) atoms. The summed E-state index contributed by atoms with van der Waals surface area (Å²) >= 11 is 18.0. The van der Waals surface area contributed by atoms with Crippen molar-refractivity contribution in [3.05, 3.63) is 496 Å². The van der Waals surface area contributed by atoms with Gasteiger partial charge in [0.05, 0.1) is 17.0 Å². The molecule has 0 amide bonds. The van der Waals surface area contributed by atoms with Crippen LogP contribution in [0.4, 0.5) is 43.9 Å². The van der Waals surface area contributed by atoms with Gasteiger partial charge in [0.25, 0.3) is 0 Å². The minimum Gasteiger partial charge on any atom is -0.218 e. The topological polar surface area (TPSA) is 0 Å². The molecule has 0 N–H and O–H groups in total.